The molecule has 0 aromatic heterocycles. The van der Waals surface area contributed by atoms with Crippen molar-refractivity contribution < 1.29 is 9.47 Å². The molecule has 0 atom stereocenters. The van der Waals surface area contributed by atoms with E-state index in [1.54, 1.807) is 0 Å². The van der Waals surface area contributed by atoms with Gasteiger partial charge in [-0.1, -0.05) is 52.5 Å². The quantitative estimate of drug-likeness (QED) is 0.470. The van der Waals surface area contributed by atoms with Gasteiger partial charge in [-0.15, -0.1) is 0 Å². The Morgan fingerprint density at radius 1 is 0.826 bits per heavy atom. The average Bonchev–Trinajstić information content (AvgIpc) is 2.57. The van der Waals surface area contributed by atoms with Gasteiger partial charge in [-0.3, -0.25) is 0 Å². The second-order valence-corrected chi connectivity index (χ2v) is 6.06. The molecule has 1 N–H and O–H groups in total. The highest BCUT2D eigenvalue weighted by atomic mass is 16.5. The van der Waals surface area contributed by atoms with E-state index in [-0.39, 0.29) is 0 Å². The molecule has 0 saturated carbocycles. The highest BCUT2D eigenvalue weighted by Gasteiger charge is 2.06. The lowest BCUT2D eigenvalue weighted by atomic mass is 10.2. The predicted octanol–water partition coefficient (Wildman–Crippen LogP) is 5.32. The third-order valence-corrected chi connectivity index (χ3v) is 3.80. The maximum absolute atomic E-state index is 6.02. The molecule has 0 unspecified atom stereocenters. The van der Waals surface area contributed by atoms with Gasteiger partial charge in [0.15, 0.2) is 0 Å². The summed E-state index contributed by atoms with van der Waals surface area (Å²) in [6.07, 6.45) is 8.25. The van der Waals surface area contributed by atoms with Crippen LogP contribution in [0, 0.1) is 0 Å². The summed E-state index contributed by atoms with van der Waals surface area (Å²) in [6, 6.07) is 6.25. The fourth-order valence-corrected chi connectivity index (χ4v) is 2.38. The van der Waals surface area contributed by atoms with E-state index in [9.17, 15) is 0 Å². The highest BCUT2D eigenvalue weighted by molar-refractivity contribution is 5.40. The summed E-state index contributed by atoms with van der Waals surface area (Å²) in [5.74, 6) is 1.89. The van der Waals surface area contributed by atoms with Gasteiger partial charge < -0.3 is 14.8 Å². The molecule has 0 amide bonds. The monoisotopic (exact) mass is 321 g/mol. The molecule has 0 aliphatic rings. The SMILES string of the molecule is CCCCCOc1ccc(CNCCC)c(OCCCCC)c1. The number of benzene rings is 1. The lowest BCUT2D eigenvalue weighted by Crippen LogP contribution is -2.15. The molecule has 0 radical (unpaired) electrons. The molecule has 0 fully saturated rings. The van der Waals surface area contributed by atoms with Gasteiger partial charge in [0, 0.05) is 18.2 Å². The molecule has 1 rings (SSSR count). The highest BCUT2D eigenvalue weighted by Crippen LogP contribution is 2.25. The zero-order valence-electron chi connectivity index (χ0n) is 15.3. The van der Waals surface area contributed by atoms with Crippen LogP contribution in [0.5, 0.6) is 11.5 Å². The van der Waals surface area contributed by atoms with Crippen molar-refractivity contribution in [3.8, 4) is 11.5 Å². The molecule has 3 heteroatoms. The first kappa shape index (κ1) is 19.8. The van der Waals surface area contributed by atoms with E-state index in [1.165, 1.54) is 31.2 Å². The second kappa shape index (κ2) is 13.2. The van der Waals surface area contributed by atoms with Crippen LogP contribution >= 0.6 is 0 Å². The van der Waals surface area contributed by atoms with Crippen LogP contribution in [-0.2, 0) is 6.54 Å². The molecule has 0 saturated heterocycles. The van der Waals surface area contributed by atoms with Crippen molar-refractivity contribution in [2.45, 2.75) is 72.3 Å². The summed E-state index contributed by atoms with van der Waals surface area (Å²) in [5, 5.41) is 3.45. The molecule has 23 heavy (non-hydrogen) atoms. The van der Waals surface area contributed by atoms with Crippen LogP contribution < -0.4 is 14.8 Å². The Balaban J connectivity index is 2.59. The van der Waals surface area contributed by atoms with Crippen LogP contribution in [0.4, 0.5) is 0 Å². The van der Waals surface area contributed by atoms with Crippen molar-refractivity contribution in [1.29, 1.82) is 0 Å². The van der Waals surface area contributed by atoms with Gasteiger partial charge in [-0.2, -0.15) is 0 Å². The van der Waals surface area contributed by atoms with Crippen molar-refractivity contribution in [2.24, 2.45) is 0 Å². The standard InChI is InChI=1S/C20H35NO2/c1-4-7-9-14-22-19-12-11-18(17-21-13-6-3)20(16-19)23-15-10-8-5-2/h11-12,16,21H,4-10,13-15,17H2,1-3H3. The van der Waals surface area contributed by atoms with E-state index in [0.29, 0.717) is 0 Å². The first-order chi connectivity index (χ1) is 11.3. The summed E-state index contributed by atoms with van der Waals surface area (Å²) in [4.78, 5) is 0. The Morgan fingerprint density at radius 3 is 2.17 bits per heavy atom. The number of nitrogens with one attached hydrogen (secondary N) is 1. The molecule has 132 valence electrons. The van der Waals surface area contributed by atoms with Gasteiger partial charge in [0.1, 0.15) is 11.5 Å². The van der Waals surface area contributed by atoms with Gasteiger partial charge in [0.2, 0.25) is 0 Å². The molecular weight excluding hydrogens is 286 g/mol. The van der Waals surface area contributed by atoms with E-state index in [1.807, 2.05) is 0 Å². The second-order valence-electron chi connectivity index (χ2n) is 6.06. The van der Waals surface area contributed by atoms with Crippen molar-refractivity contribution in [2.75, 3.05) is 19.8 Å². The largest absolute Gasteiger partial charge is 0.493 e. The van der Waals surface area contributed by atoms with Gasteiger partial charge in [0.25, 0.3) is 0 Å². The first-order valence-corrected chi connectivity index (χ1v) is 9.41. The van der Waals surface area contributed by atoms with E-state index in [0.717, 1.165) is 57.1 Å². The molecule has 1 aromatic rings. The Labute approximate surface area is 142 Å². The van der Waals surface area contributed by atoms with Crippen molar-refractivity contribution in [3.63, 3.8) is 0 Å². The minimum atomic E-state index is 0.786. The van der Waals surface area contributed by atoms with Crippen molar-refractivity contribution >= 4 is 0 Å². The summed E-state index contributed by atoms with van der Waals surface area (Å²) < 4.78 is 11.9. The lowest BCUT2D eigenvalue weighted by molar-refractivity contribution is 0.289. The zero-order chi connectivity index (χ0) is 16.8. The topological polar surface area (TPSA) is 30.5 Å². The number of ether oxygens (including phenoxy) is 2. The number of unbranched alkanes of at least 4 members (excludes halogenated alkanes) is 4. The smallest absolute Gasteiger partial charge is 0.127 e. The van der Waals surface area contributed by atoms with E-state index >= 15 is 0 Å². The maximum atomic E-state index is 6.02. The van der Waals surface area contributed by atoms with E-state index < -0.39 is 0 Å². The Morgan fingerprint density at radius 2 is 1.52 bits per heavy atom. The number of hydrogen-bond acceptors (Lipinski definition) is 3. The molecule has 0 aliphatic carbocycles. The number of hydrogen-bond donors (Lipinski definition) is 1. The first-order valence-electron chi connectivity index (χ1n) is 9.41. The van der Waals surface area contributed by atoms with Crippen LogP contribution in [0.25, 0.3) is 0 Å². The van der Waals surface area contributed by atoms with Gasteiger partial charge >= 0.3 is 0 Å². The van der Waals surface area contributed by atoms with Crippen LogP contribution in [0.15, 0.2) is 18.2 Å². The summed E-state index contributed by atoms with van der Waals surface area (Å²) in [5.41, 5.74) is 1.22. The van der Waals surface area contributed by atoms with Gasteiger partial charge in [0.05, 0.1) is 13.2 Å². The summed E-state index contributed by atoms with van der Waals surface area (Å²) in [7, 11) is 0. The normalized spacial score (nSPS) is 10.7. The fraction of sp³-hybridized carbons (Fsp3) is 0.700. The van der Waals surface area contributed by atoms with Crippen molar-refractivity contribution in [3.05, 3.63) is 23.8 Å². The van der Waals surface area contributed by atoms with Crippen LogP contribution in [0.2, 0.25) is 0 Å². The molecule has 3 nitrogen and oxygen atoms in total. The van der Waals surface area contributed by atoms with E-state index in [4.69, 9.17) is 9.47 Å². The van der Waals surface area contributed by atoms with Crippen molar-refractivity contribution in [1.82, 2.24) is 5.32 Å². The predicted molar refractivity (Wildman–Crippen MR) is 98.5 cm³/mol. The summed E-state index contributed by atoms with van der Waals surface area (Å²) in [6.45, 7) is 10.1. The van der Waals surface area contributed by atoms with Crippen LogP contribution in [0.3, 0.4) is 0 Å². The third-order valence-electron chi connectivity index (χ3n) is 3.80. The average molecular weight is 322 g/mol. The molecule has 0 bridgehead atoms. The minimum absolute atomic E-state index is 0.786. The molecule has 0 heterocycles. The minimum Gasteiger partial charge on any atom is -0.493 e. The lowest BCUT2D eigenvalue weighted by Gasteiger charge is -2.14. The molecule has 0 spiro atoms. The Bertz CT molecular complexity index is 407. The molecular formula is C20H35NO2. The zero-order valence-corrected chi connectivity index (χ0v) is 15.3. The maximum Gasteiger partial charge on any atom is 0.127 e. The fourth-order valence-electron chi connectivity index (χ4n) is 2.38. The Kier molecular flexibility index (Phi) is 11.4. The summed E-state index contributed by atoms with van der Waals surface area (Å²) >= 11 is 0. The van der Waals surface area contributed by atoms with Gasteiger partial charge in [-0.25, -0.2) is 0 Å². The van der Waals surface area contributed by atoms with Crippen LogP contribution in [0.1, 0.15) is 71.3 Å². The molecule has 1 aromatic carbocycles. The third kappa shape index (κ3) is 8.85. The Hall–Kier alpha value is -1.22. The number of rotatable bonds is 14. The van der Waals surface area contributed by atoms with Crippen LogP contribution in [-0.4, -0.2) is 19.8 Å². The molecule has 0 aliphatic heterocycles. The van der Waals surface area contributed by atoms with Gasteiger partial charge in [-0.05, 0) is 31.9 Å². The van der Waals surface area contributed by atoms with E-state index in [2.05, 4.69) is 44.3 Å².